The van der Waals surface area contributed by atoms with Crippen LogP contribution >= 0.6 is 34.7 Å². The van der Waals surface area contributed by atoms with Gasteiger partial charge in [-0.25, -0.2) is 4.98 Å². The van der Waals surface area contributed by atoms with Gasteiger partial charge < -0.3 is 0 Å². The molecule has 0 spiro atoms. The number of hydrogen-bond acceptors (Lipinski definition) is 5. The molecule has 0 aliphatic rings. The molecule has 5 nitrogen and oxygen atoms in total. The SMILES string of the molecule is O=C(CCCSc1nc2ccccc2s1)NNC(=O)c1ccccc1Cl. The molecule has 0 unspecified atom stereocenters. The Morgan fingerprint density at radius 2 is 1.85 bits per heavy atom. The van der Waals surface area contributed by atoms with Crippen molar-refractivity contribution in [2.75, 3.05) is 5.75 Å². The number of hydrazine groups is 1. The Balaban J connectivity index is 1.37. The van der Waals surface area contributed by atoms with Crippen molar-refractivity contribution in [3.05, 3.63) is 59.1 Å². The fourth-order valence-electron chi connectivity index (χ4n) is 2.21. The maximum Gasteiger partial charge on any atom is 0.271 e. The van der Waals surface area contributed by atoms with E-state index in [4.69, 9.17) is 11.6 Å². The van der Waals surface area contributed by atoms with Gasteiger partial charge in [-0.05, 0) is 30.7 Å². The topological polar surface area (TPSA) is 71.1 Å². The van der Waals surface area contributed by atoms with E-state index in [-0.39, 0.29) is 5.91 Å². The zero-order chi connectivity index (χ0) is 18.4. The molecule has 1 aromatic heterocycles. The summed E-state index contributed by atoms with van der Waals surface area (Å²) in [6, 6.07) is 14.7. The fraction of sp³-hybridized carbons (Fsp3) is 0.167. The minimum absolute atomic E-state index is 0.240. The summed E-state index contributed by atoms with van der Waals surface area (Å²) < 4.78 is 2.16. The number of thiazole rings is 1. The number of para-hydroxylation sites is 1. The van der Waals surface area contributed by atoms with Crippen LogP contribution < -0.4 is 10.9 Å². The van der Waals surface area contributed by atoms with Gasteiger partial charge >= 0.3 is 0 Å². The number of fused-ring (bicyclic) bond motifs is 1. The number of halogens is 1. The monoisotopic (exact) mass is 405 g/mol. The van der Waals surface area contributed by atoms with Gasteiger partial charge in [0.1, 0.15) is 0 Å². The first kappa shape index (κ1) is 18.7. The molecule has 0 radical (unpaired) electrons. The number of nitrogens with zero attached hydrogens (tertiary/aromatic N) is 1. The van der Waals surface area contributed by atoms with Crippen LogP contribution in [0.15, 0.2) is 52.9 Å². The van der Waals surface area contributed by atoms with E-state index in [0.717, 1.165) is 20.3 Å². The second-order valence-corrected chi connectivity index (χ2v) is 8.16. The highest BCUT2D eigenvalue weighted by molar-refractivity contribution is 8.01. The molecule has 1 heterocycles. The molecular weight excluding hydrogens is 390 g/mol. The number of carbonyl (C=O) groups excluding carboxylic acids is 2. The van der Waals surface area contributed by atoms with Gasteiger partial charge in [0.15, 0.2) is 4.34 Å². The Labute approximate surface area is 164 Å². The molecule has 2 N–H and O–H groups in total. The zero-order valence-electron chi connectivity index (χ0n) is 13.7. The minimum Gasteiger partial charge on any atom is -0.273 e. The van der Waals surface area contributed by atoms with Crippen molar-refractivity contribution < 1.29 is 9.59 Å². The van der Waals surface area contributed by atoms with E-state index in [1.54, 1.807) is 47.4 Å². The lowest BCUT2D eigenvalue weighted by atomic mass is 10.2. The van der Waals surface area contributed by atoms with Crippen LogP contribution in [-0.2, 0) is 4.79 Å². The third kappa shape index (κ3) is 4.97. The van der Waals surface area contributed by atoms with Crippen LogP contribution in [0.1, 0.15) is 23.2 Å². The number of carbonyl (C=O) groups is 2. The van der Waals surface area contributed by atoms with Crippen molar-refractivity contribution in [1.29, 1.82) is 0 Å². The van der Waals surface area contributed by atoms with Crippen LogP contribution in [0.5, 0.6) is 0 Å². The number of aromatic nitrogens is 1. The van der Waals surface area contributed by atoms with Crippen molar-refractivity contribution in [3.8, 4) is 0 Å². The summed E-state index contributed by atoms with van der Waals surface area (Å²) in [6.07, 6.45) is 1.01. The average Bonchev–Trinajstić information content (AvgIpc) is 3.06. The van der Waals surface area contributed by atoms with Gasteiger partial charge in [0.05, 0.1) is 20.8 Å². The largest absolute Gasteiger partial charge is 0.273 e. The standard InChI is InChI=1S/C18H16ClN3O2S2/c19-13-7-2-1-6-12(13)17(24)22-21-16(23)10-5-11-25-18-20-14-8-3-4-9-15(14)26-18/h1-4,6-9H,5,10-11H2,(H,21,23)(H,22,24). The number of hydrogen-bond donors (Lipinski definition) is 2. The summed E-state index contributed by atoms with van der Waals surface area (Å²) in [4.78, 5) is 28.3. The summed E-state index contributed by atoms with van der Waals surface area (Å²) in [7, 11) is 0. The highest BCUT2D eigenvalue weighted by atomic mass is 35.5. The molecule has 0 saturated carbocycles. The van der Waals surface area contributed by atoms with Gasteiger partial charge in [-0.1, -0.05) is 47.6 Å². The van der Waals surface area contributed by atoms with Gasteiger partial charge in [-0.2, -0.15) is 0 Å². The lowest BCUT2D eigenvalue weighted by molar-refractivity contribution is -0.121. The van der Waals surface area contributed by atoms with Gasteiger partial charge in [0.2, 0.25) is 5.91 Å². The molecule has 0 aliphatic heterocycles. The summed E-state index contributed by atoms with van der Waals surface area (Å²) >= 11 is 9.23. The molecule has 0 aliphatic carbocycles. The number of rotatable bonds is 6. The van der Waals surface area contributed by atoms with Crippen LogP contribution in [0.4, 0.5) is 0 Å². The van der Waals surface area contributed by atoms with Gasteiger partial charge in [0.25, 0.3) is 5.91 Å². The minimum atomic E-state index is -0.437. The Hall–Kier alpha value is -2.09. The third-order valence-corrected chi connectivity index (χ3v) is 6.08. The quantitative estimate of drug-likeness (QED) is 0.364. The molecule has 0 fully saturated rings. The van der Waals surface area contributed by atoms with Crippen molar-refractivity contribution in [1.82, 2.24) is 15.8 Å². The summed E-state index contributed by atoms with van der Waals surface area (Å²) in [5.41, 5.74) is 6.11. The van der Waals surface area contributed by atoms with Crippen LogP contribution in [-0.4, -0.2) is 22.6 Å². The number of benzene rings is 2. The van der Waals surface area contributed by atoms with E-state index in [9.17, 15) is 9.59 Å². The summed E-state index contributed by atoms with van der Waals surface area (Å²) in [5.74, 6) is 0.106. The first-order valence-corrected chi connectivity index (χ1v) is 10.1. The maximum atomic E-state index is 11.9. The first-order chi connectivity index (χ1) is 12.6. The second-order valence-electron chi connectivity index (χ2n) is 5.38. The van der Waals surface area contributed by atoms with Crippen molar-refractivity contribution in [2.24, 2.45) is 0 Å². The van der Waals surface area contributed by atoms with Crippen LogP contribution in [0.2, 0.25) is 5.02 Å². The lowest BCUT2D eigenvalue weighted by Gasteiger charge is -2.08. The summed E-state index contributed by atoms with van der Waals surface area (Å²) in [6.45, 7) is 0. The number of nitrogens with one attached hydrogen (secondary N) is 2. The smallest absolute Gasteiger partial charge is 0.271 e. The molecule has 26 heavy (non-hydrogen) atoms. The van der Waals surface area contributed by atoms with E-state index < -0.39 is 5.91 Å². The van der Waals surface area contributed by atoms with E-state index in [2.05, 4.69) is 15.8 Å². The van der Waals surface area contributed by atoms with E-state index in [0.29, 0.717) is 23.4 Å². The summed E-state index contributed by atoms with van der Waals surface area (Å²) in [5, 5.41) is 0.339. The molecular formula is C18H16ClN3O2S2. The molecule has 0 saturated heterocycles. The molecule has 134 valence electrons. The number of amides is 2. The van der Waals surface area contributed by atoms with Crippen LogP contribution in [0, 0.1) is 0 Å². The van der Waals surface area contributed by atoms with Crippen LogP contribution in [0.25, 0.3) is 10.2 Å². The first-order valence-electron chi connectivity index (χ1n) is 7.95. The van der Waals surface area contributed by atoms with Gasteiger partial charge in [0, 0.05) is 12.2 Å². The van der Waals surface area contributed by atoms with E-state index in [1.807, 2.05) is 24.3 Å². The van der Waals surface area contributed by atoms with E-state index >= 15 is 0 Å². The molecule has 2 amide bonds. The Bertz CT molecular complexity index is 896. The molecule has 3 aromatic rings. The van der Waals surface area contributed by atoms with Crippen LogP contribution in [0.3, 0.4) is 0 Å². The molecule has 3 rings (SSSR count). The fourth-order valence-corrected chi connectivity index (χ4v) is 4.51. The van der Waals surface area contributed by atoms with Crippen molar-refractivity contribution in [2.45, 2.75) is 17.2 Å². The zero-order valence-corrected chi connectivity index (χ0v) is 16.1. The Morgan fingerprint density at radius 3 is 2.65 bits per heavy atom. The predicted octanol–water partition coefficient (Wildman–Crippen LogP) is 4.28. The maximum absolute atomic E-state index is 11.9. The van der Waals surface area contributed by atoms with Crippen molar-refractivity contribution in [3.63, 3.8) is 0 Å². The molecule has 2 aromatic carbocycles. The second kappa shape index (κ2) is 9.02. The average molecular weight is 406 g/mol. The van der Waals surface area contributed by atoms with Crippen molar-refractivity contribution >= 4 is 56.7 Å². The number of thioether (sulfide) groups is 1. The van der Waals surface area contributed by atoms with Gasteiger partial charge in [-0.3, -0.25) is 20.4 Å². The Morgan fingerprint density at radius 1 is 1.08 bits per heavy atom. The predicted molar refractivity (Wildman–Crippen MR) is 107 cm³/mol. The van der Waals surface area contributed by atoms with Gasteiger partial charge in [-0.15, -0.1) is 11.3 Å². The third-order valence-electron chi connectivity index (χ3n) is 3.48. The molecule has 0 bridgehead atoms. The lowest BCUT2D eigenvalue weighted by Crippen LogP contribution is -2.41. The van der Waals surface area contributed by atoms with E-state index in [1.165, 1.54) is 0 Å². The molecule has 8 heteroatoms. The highest BCUT2D eigenvalue weighted by Gasteiger charge is 2.10. The Kier molecular flexibility index (Phi) is 6.49. The normalized spacial score (nSPS) is 10.7. The highest BCUT2D eigenvalue weighted by Crippen LogP contribution is 2.29. The molecule has 0 atom stereocenters.